The van der Waals surface area contributed by atoms with E-state index in [4.69, 9.17) is 0 Å². The maximum atomic E-state index is 4.69. The van der Waals surface area contributed by atoms with Gasteiger partial charge in [0.2, 0.25) is 5.95 Å². The van der Waals surface area contributed by atoms with Crippen LogP contribution in [0.25, 0.3) is 33.2 Å². The molecular formula is C21H26N8. The third-order valence-corrected chi connectivity index (χ3v) is 5.94. The van der Waals surface area contributed by atoms with Gasteiger partial charge in [0.15, 0.2) is 0 Å². The molecule has 0 aliphatic carbocycles. The van der Waals surface area contributed by atoms with Gasteiger partial charge in [0.1, 0.15) is 11.2 Å². The Kier molecular flexibility index (Phi) is 4.63. The Morgan fingerprint density at radius 1 is 1.24 bits per heavy atom. The molecule has 2 N–H and O–H groups in total. The number of hydrogen-bond acceptors (Lipinski definition) is 6. The van der Waals surface area contributed by atoms with Crippen molar-refractivity contribution in [2.24, 2.45) is 5.92 Å². The number of aromatic nitrogens is 6. The normalized spacial score (nSPS) is 16.1. The summed E-state index contributed by atoms with van der Waals surface area (Å²) in [5.41, 5.74) is 5.00. The van der Waals surface area contributed by atoms with Crippen molar-refractivity contribution in [2.75, 3.05) is 32.0 Å². The number of aromatic amines is 1. The third kappa shape index (κ3) is 3.44. The number of rotatable bonds is 5. The van der Waals surface area contributed by atoms with Gasteiger partial charge in [0.05, 0.1) is 5.52 Å². The summed E-state index contributed by atoms with van der Waals surface area (Å²) >= 11 is 0. The lowest BCUT2D eigenvalue weighted by molar-refractivity contribution is 0.226. The van der Waals surface area contributed by atoms with Gasteiger partial charge >= 0.3 is 0 Å². The topological polar surface area (TPSA) is 87.5 Å². The summed E-state index contributed by atoms with van der Waals surface area (Å²) < 4.78 is 1.91. The van der Waals surface area contributed by atoms with Crippen molar-refractivity contribution in [1.82, 2.24) is 34.8 Å². The number of hydrogen-bond donors (Lipinski definition) is 2. The molecule has 1 aliphatic rings. The maximum Gasteiger partial charge on any atom is 0.224 e. The van der Waals surface area contributed by atoms with E-state index in [1.54, 1.807) is 0 Å². The Morgan fingerprint density at radius 2 is 2.10 bits per heavy atom. The lowest BCUT2D eigenvalue weighted by Crippen LogP contribution is -2.33. The van der Waals surface area contributed by atoms with Crippen LogP contribution in [0.15, 0.2) is 30.6 Å². The summed E-state index contributed by atoms with van der Waals surface area (Å²) in [5.74, 6) is 1.38. The highest BCUT2D eigenvalue weighted by Crippen LogP contribution is 2.30. The molecule has 4 aromatic rings. The van der Waals surface area contributed by atoms with Crippen LogP contribution in [0, 0.1) is 5.92 Å². The number of anilines is 1. The van der Waals surface area contributed by atoms with Crippen LogP contribution in [0.4, 0.5) is 5.95 Å². The van der Waals surface area contributed by atoms with Crippen LogP contribution in [0.2, 0.25) is 0 Å². The molecule has 1 saturated heterocycles. The largest absolute Gasteiger partial charge is 0.354 e. The third-order valence-electron chi connectivity index (χ3n) is 5.94. The molecule has 1 aliphatic heterocycles. The van der Waals surface area contributed by atoms with Crippen LogP contribution in [-0.4, -0.2) is 61.5 Å². The van der Waals surface area contributed by atoms with E-state index in [0.29, 0.717) is 11.9 Å². The molecule has 0 saturated carbocycles. The molecule has 0 unspecified atom stereocenters. The molecular weight excluding hydrogens is 364 g/mol. The molecule has 0 amide bonds. The van der Waals surface area contributed by atoms with Gasteiger partial charge in [0, 0.05) is 36.4 Å². The number of aryl methyl sites for hydroxylation is 1. The van der Waals surface area contributed by atoms with E-state index >= 15 is 0 Å². The minimum atomic E-state index is 0.688. The first-order valence-corrected chi connectivity index (χ1v) is 10.3. The molecule has 1 fully saturated rings. The highest BCUT2D eigenvalue weighted by atomic mass is 15.4. The summed E-state index contributed by atoms with van der Waals surface area (Å²) in [6.07, 6.45) is 6.36. The summed E-state index contributed by atoms with van der Waals surface area (Å²) in [7, 11) is 2.19. The van der Waals surface area contributed by atoms with Crippen molar-refractivity contribution in [3.63, 3.8) is 0 Å². The van der Waals surface area contributed by atoms with Crippen LogP contribution < -0.4 is 5.32 Å². The van der Waals surface area contributed by atoms with E-state index in [2.05, 4.69) is 61.6 Å². The molecule has 3 aromatic heterocycles. The highest BCUT2D eigenvalue weighted by molar-refractivity contribution is 5.95. The fourth-order valence-electron chi connectivity index (χ4n) is 4.10. The molecule has 8 nitrogen and oxygen atoms in total. The second-order valence-corrected chi connectivity index (χ2v) is 7.89. The summed E-state index contributed by atoms with van der Waals surface area (Å²) in [4.78, 5) is 15.0. The van der Waals surface area contributed by atoms with Crippen molar-refractivity contribution in [3.05, 3.63) is 30.6 Å². The molecule has 29 heavy (non-hydrogen) atoms. The van der Waals surface area contributed by atoms with Crippen molar-refractivity contribution in [2.45, 2.75) is 26.3 Å². The fraction of sp³-hybridized carbons (Fsp3) is 0.429. The highest BCUT2D eigenvalue weighted by Gasteiger charge is 2.17. The van der Waals surface area contributed by atoms with E-state index in [1.165, 1.54) is 25.9 Å². The molecule has 0 bridgehead atoms. The smallest absolute Gasteiger partial charge is 0.224 e. The Balaban J connectivity index is 1.38. The molecule has 0 spiro atoms. The fourth-order valence-corrected chi connectivity index (χ4v) is 4.10. The van der Waals surface area contributed by atoms with Crippen LogP contribution >= 0.6 is 0 Å². The Morgan fingerprint density at radius 3 is 2.93 bits per heavy atom. The molecule has 0 atom stereocenters. The first-order valence-electron chi connectivity index (χ1n) is 10.3. The molecule has 0 radical (unpaired) electrons. The van der Waals surface area contributed by atoms with Crippen LogP contribution in [-0.2, 0) is 6.54 Å². The number of likely N-dealkylation sites (tertiary alicyclic amines) is 1. The zero-order valence-corrected chi connectivity index (χ0v) is 16.9. The monoisotopic (exact) mass is 390 g/mol. The molecule has 8 heteroatoms. The van der Waals surface area contributed by atoms with Crippen molar-refractivity contribution >= 4 is 28.0 Å². The number of nitrogens with zero attached hydrogens (tertiary/aromatic N) is 6. The Bertz CT molecular complexity index is 1140. The number of nitrogens with one attached hydrogen (secondary N) is 2. The van der Waals surface area contributed by atoms with E-state index in [0.717, 1.165) is 46.3 Å². The Labute approximate surface area is 169 Å². The minimum Gasteiger partial charge on any atom is -0.354 e. The predicted molar refractivity (Wildman–Crippen MR) is 115 cm³/mol. The Hall–Kier alpha value is -3.00. The van der Waals surface area contributed by atoms with Crippen LogP contribution in [0.3, 0.4) is 0 Å². The summed E-state index contributed by atoms with van der Waals surface area (Å²) in [5, 5.41) is 12.9. The summed E-state index contributed by atoms with van der Waals surface area (Å²) in [6, 6.07) is 6.22. The molecule has 5 rings (SSSR count). The standard InChI is InChI=1S/C21H26N8/c1-3-29-19-10-15(4-5-18(19)26-27-29)16-12-22-20-17(16)13-24-21(25-20)23-11-14-6-8-28(2)9-7-14/h4-5,10,12-14H,3,6-9,11H2,1-2H3,(H2,22,23,24,25). The average molecular weight is 390 g/mol. The first kappa shape index (κ1) is 18.1. The van der Waals surface area contributed by atoms with Gasteiger partial charge in [-0.25, -0.2) is 9.67 Å². The van der Waals surface area contributed by atoms with Gasteiger partial charge in [-0.2, -0.15) is 4.98 Å². The molecule has 150 valence electrons. The lowest BCUT2D eigenvalue weighted by atomic mass is 9.97. The molecule has 4 heterocycles. The maximum absolute atomic E-state index is 4.69. The van der Waals surface area contributed by atoms with Gasteiger partial charge in [-0.15, -0.1) is 5.10 Å². The van der Waals surface area contributed by atoms with Gasteiger partial charge in [-0.05, 0) is 63.5 Å². The second kappa shape index (κ2) is 7.44. The SMILES string of the molecule is CCn1nnc2ccc(-c3c[nH]c4nc(NCC5CCN(C)CC5)ncc34)cc21. The average Bonchev–Trinajstić information content (AvgIpc) is 3.36. The van der Waals surface area contributed by atoms with Crippen molar-refractivity contribution in [1.29, 1.82) is 0 Å². The molecule has 1 aromatic carbocycles. The van der Waals surface area contributed by atoms with Crippen molar-refractivity contribution < 1.29 is 0 Å². The zero-order valence-electron chi connectivity index (χ0n) is 16.9. The second-order valence-electron chi connectivity index (χ2n) is 7.89. The number of fused-ring (bicyclic) bond motifs is 2. The van der Waals surface area contributed by atoms with E-state index in [-0.39, 0.29) is 0 Å². The number of H-pyrrole nitrogens is 1. The van der Waals surface area contributed by atoms with Gasteiger partial charge in [-0.3, -0.25) is 0 Å². The number of benzene rings is 1. The van der Waals surface area contributed by atoms with Crippen LogP contribution in [0.5, 0.6) is 0 Å². The summed E-state index contributed by atoms with van der Waals surface area (Å²) in [6.45, 7) is 6.13. The zero-order chi connectivity index (χ0) is 19.8. The van der Waals surface area contributed by atoms with E-state index < -0.39 is 0 Å². The van der Waals surface area contributed by atoms with Gasteiger partial charge in [-0.1, -0.05) is 11.3 Å². The van der Waals surface area contributed by atoms with Gasteiger partial charge in [0.25, 0.3) is 0 Å². The van der Waals surface area contributed by atoms with Crippen molar-refractivity contribution in [3.8, 4) is 11.1 Å². The number of piperidine rings is 1. The quantitative estimate of drug-likeness (QED) is 0.544. The van der Waals surface area contributed by atoms with E-state index in [1.807, 2.05) is 23.1 Å². The van der Waals surface area contributed by atoms with E-state index in [9.17, 15) is 0 Å². The predicted octanol–water partition coefficient (Wildman–Crippen LogP) is 3.14. The van der Waals surface area contributed by atoms with Crippen LogP contribution in [0.1, 0.15) is 19.8 Å². The first-order chi connectivity index (χ1) is 14.2. The minimum absolute atomic E-state index is 0.688. The lowest BCUT2D eigenvalue weighted by Gasteiger charge is -2.28. The van der Waals surface area contributed by atoms with Gasteiger partial charge < -0.3 is 15.2 Å².